The Kier molecular flexibility index (Phi) is 4.22. The summed E-state index contributed by atoms with van der Waals surface area (Å²) in [6.45, 7) is 1.63. The molecule has 1 aromatic heterocycles. The molecule has 5 nitrogen and oxygen atoms in total. The van der Waals surface area contributed by atoms with Gasteiger partial charge < -0.3 is 5.73 Å². The number of nitrogens with two attached hydrogens (primary N) is 1. The molecule has 0 unspecified atom stereocenters. The lowest BCUT2D eigenvalue weighted by Crippen LogP contribution is -2.15. The second-order valence-electron chi connectivity index (χ2n) is 4.08. The van der Waals surface area contributed by atoms with E-state index in [1.807, 2.05) is 0 Å². The molecule has 0 spiro atoms. The van der Waals surface area contributed by atoms with Crippen molar-refractivity contribution >= 4 is 48.9 Å². The molecular weight excluding hydrogens is 366 g/mol. The smallest absolute Gasteiger partial charge is 0.262 e. The molecule has 0 amide bonds. The second-order valence-corrected chi connectivity index (χ2v) is 7.02. The van der Waals surface area contributed by atoms with E-state index < -0.39 is 10.0 Å². The van der Waals surface area contributed by atoms with E-state index in [2.05, 4.69) is 25.6 Å². The first-order valence-corrected chi connectivity index (χ1v) is 8.14. The summed E-state index contributed by atoms with van der Waals surface area (Å²) in [6.07, 6.45) is 2.98. The number of hydrogen-bond donors (Lipinski definition) is 2. The van der Waals surface area contributed by atoms with Crippen molar-refractivity contribution in [2.45, 2.75) is 11.8 Å². The third kappa shape index (κ3) is 3.05. The largest absolute Gasteiger partial charge is 0.398 e. The van der Waals surface area contributed by atoms with Crippen LogP contribution in [0.5, 0.6) is 0 Å². The fraction of sp³-hybridized carbons (Fsp3) is 0.0833. The van der Waals surface area contributed by atoms with Crippen molar-refractivity contribution in [1.82, 2.24) is 4.98 Å². The molecule has 0 fully saturated rings. The Morgan fingerprint density at radius 1 is 1.40 bits per heavy atom. The highest BCUT2D eigenvalue weighted by Gasteiger charge is 2.20. The molecule has 0 aliphatic heterocycles. The predicted octanol–water partition coefficient (Wildman–Crippen LogP) is 3.19. The molecule has 0 bridgehead atoms. The molecule has 0 aliphatic carbocycles. The molecule has 8 heteroatoms. The third-order valence-electron chi connectivity index (χ3n) is 2.67. The van der Waals surface area contributed by atoms with Crippen molar-refractivity contribution in [1.29, 1.82) is 0 Å². The highest BCUT2D eigenvalue weighted by molar-refractivity contribution is 9.10. The maximum Gasteiger partial charge on any atom is 0.262 e. The summed E-state index contributed by atoms with van der Waals surface area (Å²) in [4.78, 5) is 3.92. The molecule has 0 atom stereocenters. The molecule has 1 aromatic carbocycles. The van der Waals surface area contributed by atoms with Gasteiger partial charge in [0.15, 0.2) is 0 Å². The standard InChI is InChI=1S/C12H11BrClN3O2S/c1-7-10(15)4-8(14)5-12(7)20(18,19)17-11-2-3-16-6-9(11)13/h2-6H,15H2,1H3,(H,16,17). The van der Waals surface area contributed by atoms with Gasteiger partial charge in [0.1, 0.15) is 0 Å². The fourth-order valence-corrected chi connectivity index (χ4v) is 3.76. The maximum absolute atomic E-state index is 12.4. The molecule has 2 rings (SSSR count). The summed E-state index contributed by atoms with van der Waals surface area (Å²) >= 11 is 9.10. The average Bonchev–Trinajstić information content (AvgIpc) is 2.36. The molecule has 20 heavy (non-hydrogen) atoms. The molecule has 0 saturated carbocycles. The van der Waals surface area contributed by atoms with Crippen LogP contribution in [0.25, 0.3) is 0 Å². The number of halogens is 2. The van der Waals surface area contributed by atoms with Gasteiger partial charge in [-0.3, -0.25) is 9.71 Å². The Morgan fingerprint density at radius 2 is 2.10 bits per heavy atom. The lowest BCUT2D eigenvalue weighted by Gasteiger charge is -2.13. The highest BCUT2D eigenvalue weighted by atomic mass is 79.9. The van der Waals surface area contributed by atoms with E-state index in [-0.39, 0.29) is 9.92 Å². The molecule has 106 valence electrons. The Hall–Kier alpha value is -1.31. The number of rotatable bonds is 3. The number of nitrogen functional groups attached to an aromatic ring is 1. The van der Waals surface area contributed by atoms with Crippen LogP contribution in [0.1, 0.15) is 5.56 Å². The highest BCUT2D eigenvalue weighted by Crippen LogP contribution is 2.29. The van der Waals surface area contributed by atoms with Crippen LogP contribution in [0.4, 0.5) is 11.4 Å². The van der Waals surface area contributed by atoms with E-state index in [9.17, 15) is 8.42 Å². The average molecular weight is 377 g/mol. The Morgan fingerprint density at radius 3 is 2.75 bits per heavy atom. The molecular formula is C12H11BrClN3O2S. The maximum atomic E-state index is 12.4. The summed E-state index contributed by atoms with van der Waals surface area (Å²) in [6, 6.07) is 4.42. The van der Waals surface area contributed by atoms with Crippen LogP contribution >= 0.6 is 27.5 Å². The predicted molar refractivity (Wildman–Crippen MR) is 83.3 cm³/mol. The Labute approximate surface area is 130 Å². The van der Waals surface area contributed by atoms with E-state index in [1.54, 1.807) is 13.0 Å². The van der Waals surface area contributed by atoms with Gasteiger partial charge >= 0.3 is 0 Å². The van der Waals surface area contributed by atoms with E-state index in [4.69, 9.17) is 17.3 Å². The van der Waals surface area contributed by atoms with E-state index >= 15 is 0 Å². The van der Waals surface area contributed by atoms with Gasteiger partial charge in [0.2, 0.25) is 0 Å². The first-order chi connectivity index (χ1) is 9.31. The van der Waals surface area contributed by atoms with Gasteiger partial charge in [-0.05, 0) is 46.6 Å². The SMILES string of the molecule is Cc1c(N)cc(Cl)cc1S(=O)(=O)Nc1ccncc1Br. The van der Waals surface area contributed by atoms with Crippen molar-refractivity contribution in [2.24, 2.45) is 0 Å². The summed E-state index contributed by atoms with van der Waals surface area (Å²) in [5.74, 6) is 0. The molecule has 0 aliphatic rings. The quantitative estimate of drug-likeness (QED) is 0.806. The lowest BCUT2D eigenvalue weighted by atomic mass is 10.2. The first kappa shape index (κ1) is 15.1. The van der Waals surface area contributed by atoms with Crippen molar-refractivity contribution in [3.63, 3.8) is 0 Å². The van der Waals surface area contributed by atoms with Crippen LogP contribution in [-0.2, 0) is 10.0 Å². The number of aromatic nitrogens is 1. The van der Waals surface area contributed by atoms with Crippen LogP contribution < -0.4 is 10.5 Å². The Balaban J connectivity index is 2.49. The van der Waals surface area contributed by atoms with Gasteiger partial charge in [-0.25, -0.2) is 8.42 Å². The number of nitrogens with one attached hydrogen (secondary N) is 1. The monoisotopic (exact) mass is 375 g/mol. The topological polar surface area (TPSA) is 85.1 Å². The Bertz CT molecular complexity index is 765. The van der Waals surface area contributed by atoms with Crippen molar-refractivity contribution in [3.05, 3.63) is 45.7 Å². The van der Waals surface area contributed by atoms with Crippen molar-refractivity contribution < 1.29 is 8.42 Å². The number of nitrogens with zero attached hydrogens (tertiary/aromatic N) is 1. The summed E-state index contributed by atoms with van der Waals surface area (Å²) in [7, 11) is -3.78. The van der Waals surface area contributed by atoms with Gasteiger partial charge in [-0.15, -0.1) is 0 Å². The summed E-state index contributed by atoms with van der Waals surface area (Å²) in [5, 5.41) is 0.266. The number of hydrogen-bond acceptors (Lipinski definition) is 4. The summed E-state index contributed by atoms with van der Waals surface area (Å²) < 4.78 is 27.8. The van der Waals surface area contributed by atoms with Gasteiger partial charge in [-0.1, -0.05) is 11.6 Å². The molecule has 2 aromatic rings. The first-order valence-electron chi connectivity index (χ1n) is 5.49. The number of benzene rings is 1. The minimum Gasteiger partial charge on any atom is -0.398 e. The second kappa shape index (κ2) is 5.59. The minimum absolute atomic E-state index is 0.0474. The van der Waals surface area contributed by atoms with Crippen molar-refractivity contribution in [3.8, 4) is 0 Å². The molecule has 0 radical (unpaired) electrons. The number of pyridine rings is 1. The van der Waals surface area contributed by atoms with Crippen LogP contribution in [0, 0.1) is 6.92 Å². The van der Waals surface area contributed by atoms with Gasteiger partial charge in [0.25, 0.3) is 10.0 Å². The molecule has 0 saturated heterocycles. The lowest BCUT2D eigenvalue weighted by molar-refractivity contribution is 0.600. The van der Waals surface area contributed by atoms with Crippen LogP contribution in [0.2, 0.25) is 5.02 Å². The molecule has 1 heterocycles. The minimum atomic E-state index is -3.78. The third-order valence-corrected chi connectivity index (χ3v) is 5.01. The van der Waals surface area contributed by atoms with Crippen molar-refractivity contribution in [2.75, 3.05) is 10.5 Å². The van der Waals surface area contributed by atoms with Gasteiger partial charge in [0.05, 0.1) is 15.1 Å². The molecule has 3 N–H and O–H groups in total. The fourth-order valence-electron chi connectivity index (χ4n) is 1.61. The zero-order valence-electron chi connectivity index (χ0n) is 10.4. The van der Waals surface area contributed by atoms with Crippen LogP contribution in [0.15, 0.2) is 40.0 Å². The zero-order chi connectivity index (χ0) is 14.9. The van der Waals surface area contributed by atoms with E-state index in [1.165, 1.54) is 24.5 Å². The number of sulfonamides is 1. The van der Waals surface area contributed by atoms with Gasteiger partial charge in [-0.2, -0.15) is 0 Å². The van der Waals surface area contributed by atoms with Crippen LogP contribution in [0.3, 0.4) is 0 Å². The normalized spacial score (nSPS) is 11.3. The van der Waals surface area contributed by atoms with Crippen LogP contribution in [-0.4, -0.2) is 13.4 Å². The summed E-state index contributed by atoms with van der Waals surface area (Å²) in [5.41, 5.74) is 6.91. The van der Waals surface area contributed by atoms with E-state index in [0.29, 0.717) is 21.4 Å². The number of anilines is 2. The van der Waals surface area contributed by atoms with Gasteiger partial charge in [0, 0.05) is 23.1 Å². The van der Waals surface area contributed by atoms with E-state index in [0.717, 1.165) is 0 Å². The zero-order valence-corrected chi connectivity index (χ0v) is 13.6.